The molecular formula is C35H28N2O4. The Hall–Kier alpha value is -5.54. The molecule has 5 aromatic rings. The minimum Gasteiger partial charge on any atom is -0.497 e. The Labute approximate surface area is 239 Å². The molecule has 0 bridgehead atoms. The lowest BCUT2D eigenvalue weighted by atomic mass is 10.1. The third kappa shape index (κ3) is 6.92. The molecule has 202 valence electrons. The molecule has 0 radical (unpaired) electrons. The number of hydrogen-bond donors (Lipinski definition) is 1. The summed E-state index contributed by atoms with van der Waals surface area (Å²) in [6, 6.07) is 38.4. The molecule has 6 nitrogen and oxygen atoms in total. The summed E-state index contributed by atoms with van der Waals surface area (Å²) < 4.78 is 17.4. The Morgan fingerprint density at radius 3 is 2.32 bits per heavy atom. The van der Waals surface area contributed by atoms with Crippen molar-refractivity contribution in [3.63, 3.8) is 0 Å². The molecule has 6 heteroatoms. The van der Waals surface area contributed by atoms with Crippen molar-refractivity contribution in [1.29, 1.82) is 5.26 Å². The monoisotopic (exact) mass is 540 g/mol. The van der Waals surface area contributed by atoms with E-state index in [1.54, 1.807) is 49.6 Å². The number of anilines is 1. The lowest BCUT2D eigenvalue weighted by molar-refractivity contribution is -0.112. The lowest BCUT2D eigenvalue weighted by Crippen LogP contribution is -2.13. The molecule has 5 aromatic carbocycles. The van der Waals surface area contributed by atoms with Crippen LogP contribution in [0.5, 0.6) is 17.2 Å². The van der Waals surface area contributed by atoms with Crippen LogP contribution in [0.3, 0.4) is 0 Å². The van der Waals surface area contributed by atoms with Crippen LogP contribution in [0.15, 0.2) is 121 Å². The van der Waals surface area contributed by atoms with Gasteiger partial charge in [0, 0.05) is 17.3 Å². The van der Waals surface area contributed by atoms with E-state index in [4.69, 9.17) is 14.2 Å². The van der Waals surface area contributed by atoms with E-state index in [1.807, 2.05) is 60.7 Å². The van der Waals surface area contributed by atoms with Crippen LogP contribution in [-0.2, 0) is 18.0 Å². The highest BCUT2D eigenvalue weighted by molar-refractivity contribution is 6.09. The maximum Gasteiger partial charge on any atom is 0.266 e. The first-order chi connectivity index (χ1) is 20.1. The van der Waals surface area contributed by atoms with Crippen LogP contribution in [0, 0.1) is 11.3 Å². The van der Waals surface area contributed by atoms with Crippen molar-refractivity contribution >= 4 is 28.4 Å². The number of benzene rings is 5. The lowest BCUT2D eigenvalue weighted by Gasteiger charge is -2.13. The van der Waals surface area contributed by atoms with Gasteiger partial charge in [-0.15, -0.1) is 0 Å². The number of nitrogens with zero attached hydrogens (tertiary/aromatic N) is 1. The topological polar surface area (TPSA) is 80.6 Å². The second kappa shape index (κ2) is 13.0. The maximum absolute atomic E-state index is 13.0. The molecule has 0 heterocycles. The molecule has 0 saturated carbocycles. The summed E-state index contributed by atoms with van der Waals surface area (Å²) in [6.07, 6.45) is 1.52. The summed E-state index contributed by atoms with van der Waals surface area (Å²) in [4.78, 5) is 13.0. The maximum atomic E-state index is 13.0. The fourth-order valence-electron chi connectivity index (χ4n) is 4.34. The quantitative estimate of drug-likeness (QED) is 0.146. The van der Waals surface area contributed by atoms with Crippen LogP contribution in [0.4, 0.5) is 5.69 Å². The van der Waals surface area contributed by atoms with E-state index in [1.165, 1.54) is 6.08 Å². The number of amides is 1. The molecule has 0 fully saturated rings. The van der Waals surface area contributed by atoms with E-state index in [9.17, 15) is 10.1 Å². The van der Waals surface area contributed by atoms with Crippen molar-refractivity contribution in [2.45, 2.75) is 13.2 Å². The van der Waals surface area contributed by atoms with E-state index < -0.39 is 5.91 Å². The SMILES string of the molecule is COc1ccc(/C=C(\C#N)C(=O)Nc2ccc(OCc3ccccc3)cc2)c(OCc2cccc3ccccc23)c1. The molecule has 0 aliphatic rings. The zero-order chi connectivity index (χ0) is 28.4. The molecule has 0 saturated heterocycles. The Balaban J connectivity index is 1.30. The van der Waals surface area contributed by atoms with E-state index >= 15 is 0 Å². The molecule has 0 atom stereocenters. The van der Waals surface area contributed by atoms with Crippen LogP contribution < -0.4 is 19.5 Å². The summed E-state index contributed by atoms with van der Waals surface area (Å²) in [5.74, 6) is 1.25. The molecule has 1 N–H and O–H groups in total. The molecule has 41 heavy (non-hydrogen) atoms. The van der Waals surface area contributed by atoms with E-state index in [-0.39, 0.29) is 5.57 Å². The van der Waals surface area contributed by atoms with Gasteiger partial charge in [0.15, 0.2) is 0 Å². The number of nitrogens with one attached hydrogen (secondary N) is 1. The number of methoxy groups -OCH3 is 1. The van der Waals surface area contributed by atoms with Crippen LogP contribution in [0.1, 0.15) is 16.7 Å². The largest absolute Gasteiger partial charge is 0.497 e. The fourth-order valence-corrected chi connectivity index (χ4v) is 4.34. The smallest absolute Gasteiger partial charge is 0.266 e. The third-order valence-electron chi connectivity index (χ3n) is 6.51. The van der Waals surface area contributed by atoms with Gasteiger partial charge in [0.25, 0.3) is 5.91 Å². The zero-order valence-electron chi connectivity index (χ0n) is 22.5. The van der Waals surface area contributed by atoms with Crippen molar-refractivity contribution in [2.75, 3.05) is 12.4 Å². The fraction of sp³-hybridized carbons (Fsp3) is 0.0857. The predicted molar refractivity (Wildman–Crippen MR) is 161 cm³/mol. The van der Waals surface area contributed by atoms with Gasteiger partial charge >= 0.3 is 0 Å². The van der Waals surface area contributed by atoms with Gasteiger partial charge in [0.05, 0.1) is 7.11 Å². The Bertz CT molecular complexity index is 1720. The predicted octanol–water partition coefficient (Wildman–Crippen LogP) is 7.55. The molecule has 0 aromatic heterocycles. The van der Waals surface area contributed by atoms with Gasteiger partial charge in [-0.2, -0.15) is 5.26 Å². The molecule has 5 rings (SSSR count). The number of rotatable bonds is 10. The van der Waals surface area contributed by atoms with Crippen molar-refractivity contribution in [3.8, 4) is 23.3 Å². The van der Waals surface area contributed by atoms with Gasteiger partial charge in [-0.25, -0.2) is 0 Å². The van der Waals surface area contributed by atoms with Crippen LogP contribution >= 0.6 is 0 Å². The van der Waals surface area contributed by atoms with Crippen LogP contribution in [0.25, 0.3) is 16.8 Å². The van der Waals surface area contributed by atoms with Crippen molar-refractivity contribution in [3.05, 3.63) is 138 Å². The van der Waals surface area contributed by atoms with Gasteiger partial charge in [0.1, 0.15) is 42.1 Å². The number of nitriles is 1. The molecular weight excluding hydrogens is 512 g/mol. The molecule has 0 unspecified atom stereocenters. The first kappa shape index (κ1) is 27.0. The van der Waals surface area contributed by atoms with E-state index in [2.05, 4.69) is 23.5 Å². The average molecular weight is 541 g/mol. The van der Waals surface area contributed by atoms with E-state index in [0.29, 0.717) is 41.7 Å². The van der Waals surface area contributed by atoms with Gasteiger partial charge in [-0.1, -0.05) is 72.8 Å². The minimum atomic E-state index is -0.527. The van der Waals surface area contributed by atoms with Crippen molar-refractivity contribution in [2.24, 2.45) is 0 Å². The van der Waals surface area contributed by atoms with Crippen LogP contribution in [-0.4, -0.2) is 13.0 Å². The Morgan fingerprint density at radius 2 is 1.54 bits per heavy atom. The summed E-state index contributed by atoms with van der Waals surface area (Å²) in [6.45, 7) is 0.753. The Kier molecular flexibility index (Phi) is 8.58. The number of carbonyl (C=O) groups excluding carboxylic acids is 1. The zero-order valence-corrected chi connectivity index (χ0v) is 22.5. The van der Waals surface area contributed by atoms with Crippen LogP contribution in [0.2, 0.25) is 0 Å². The number of ether oxygens (including phenoxy) is 3. The van der Waals surface area contributed by atoms with Gasteiger partial charge in [-0.3, -0.25) is 4.79 Å². The third-order valence-corrected chi connectivity index (χ3v) is 6.51. The van der Waals surface area contributed by atoms with Gasteiger partial charge in [-0.05, 0) is 64.4 Å². The molecule has 1 amide bonds. The highest BCUT2D eigenvalue weighted by Gasteiger charge is 2.13. The summed E-state index contributed by atoms with van der Waals surface area (Å²) >= 11 is 0. The average Bonchev–Trinajstić information content (AvgIpc) is 3.03. The van der Waals surface area contributed by atoms with E-state index in [0.717, 1.165) is 21.9 Å². The number of hydrogen-bond acceptors (Lipinski definition) is 5. The first-order valence-corrected chi connectivity index (χ1v) is 13.1. The van der Waals surface area contributed by atoms with Crippen molar-refractivity contribution in [1.82, 2.24) is 0 Å². The number of carbonyl (C=O) groups is 1. The van der Waals surface area contributed by atoms with Gasteiger partial charge in [0.2, 0.25) is 0 Å². The minimum absolute atomic E-state index is 0.0606. The van der Waals surface area contributed by atoms with Crippen molar-refractivity contribution < 1.29 is 19.0 Å². The highest BCUT2D eigenvalue weighted by Crippen LogP contribution is 2.29. The molecule has 0 aliphatic heterocycles. The second-order valence-electron chi connectivity index (χ2n) is 9.25. The Morgan fingerprint density at radius 1 is 0.805 bits per heavy atom. The standard InChI is InChI=1S/C35H28N2O4/c1-39-32-17-14-27(34(21-32)41-24-28-12-7-11-26-10-5-6-13-33(26)28)20-29(22-36)35(38)37-30-15-18-31(19-16-30)40-23-25-8-3-2-4-9-25/h2-21H,23-24H2,1H3,(H,37,38)/b29-20+. The van der Waals surface area contributed by atoms with Gasteiger partial charge < -0.3 is 19.5 Å². The highest BCUT2D eigenvalue weighted by atomic mass is 16.5. The normalized spacial score (nSPS) is 11.0. The summed E-state index contributed by atoms with van der Waals surface area (Å²) in [7, 11) is 1.57. The molecule has 0 aliphatic carbocycles. The second-order valence-corrected chi connectivity index (χ2v) is 9.25. The number of fused-ring (bicyclic) bond motifs is 1. The summed E-state index contributed by atoms with van der Waals surface area (Å²) in [5, 5.41) is 14.8. The first-order valence-electron chi connectivity index (χ1n) is 13.1. The summed E-state index contributed by atoms with van der Waals surface area (Å²) in [5.41, 5.74) is 3.16. The molecule has 0 spiro atoms.